The number of rotatable bonds is 6. The molecule has 1 fully saturated rings. The molecule has 4 heterocycles. The van der Waals surface area contributed by atoms with E-state index >= 15 is 0 Å². The Kier molecular flexibility index (Phi) is 5.74. The maximum Gasteiger partial charge on any atom is 0.252 e. The molecule has 1 aliphatic heterocycles. The van der Waals surface area contributed by atoms with E-state index in [1.54, 1.807) is 46.9 Å². The number of carbonyl (C=O) groups excluding carboxylic acids is 1. The van der Waals surface area contributed by atoms with Crippen molar-refractivity contribution in [2.75, 3.05) is 18.4 Å². The van der Waals surface area contributed by atoms with E-state index in [-0.39, 0.29) is 12.5 Å². The minimum absolute atomic E-state index is 0.184. The van der Waals surface area contributed by atoms with Crippen LogP contribution in [0.4, 0.5) is 5.82 Å². The number of thiophene rings is 1. The number of amides is 1. The molecule has 1 amide bonds. The predicted molar refractivity (Wildman–Crippen MR) is 110 cm³/mol. The monoisotopic (exact) mass is 431 g/mol. The van der Waals surface area contributed by atoms with Gasteiger partial charge in [-0.25, -0.2) is 8.42 Å². The van der Waals surface area contributed by atoms with E-state index in [2.05, 4.69) is 15.4 Å². The van der Waals surface area contributed by atoms with Crippen LogP contribution in [0.2, 0.25) is 0 Å². The topological polar surface area (TPSA) is 97.2 Å². The van der Waals surface area contributed by atoms with Gasteiger partial charge in [0.25, 0.3) is 10.0 Å². The largest absolute Gasteiger partial charge is 0.309 e. The van der Waals surface area contributed by atoms with E-state index in [0.29, 0.717) is 36.0 Å². The molecular formula is C19H21N5O3S2. The summed E-state index contributed by atoms with van der Waals surface area (Å²) in [5.41, 5.74) is 1.06. The van der Waals surface area contributed by atoms with Gasteiger partial charge < -0.3 is 5.32 Å². The van der Waals surface area contributed by atoms with Crippen molar-refractivity contribution in [3.8, 4) is 0 Å². The molecule has 1 aliphatic rings. The van der Waals surface area contributed by atoms with E-state index < -0.39 is 15.9 Å². The molecule has 4 rings (SSSR count). The van der Waals surface area contributed by atoms with Crippen LogP contribution in [0, 0.1) is 5.92 Å². The average Bonchev–Trinajstić information content (AvgIpc) is 3.42. The van der Waals surface area contributed by atoms with Crippen molar-refractivity contribution < 1.29 is 13.2 Å². The maximum absolute atomic E-state index is 12.7. The SMILES string of the molecule is O=C(Nc1ccn(Cc2ccncc2)n1)C1CCCN(S(=O)(=O)c2cccs2)C1. The number of piperidine rings is 1. The molecule has 3 aromatic rings. The standard InChI is InChI=1S/C19H21N5O3S2/c25-19(21-17-7-11-23(22-17)13-15-5-8-20-9-6-15)16-3-1-10-24(14-16)29(26,27)18-4-2-12-28-18/h2,4-9,11-12,16H,1,3,10,13-14H2,(H,21,22,25). The minimum atomic E-state index is -3.54. The number of hydrogen-bond acceptors (Lipinski definition) is 6. The van der Waals surface area contributed by atoms with Crippen LogP contribution in [-0.4, -0.2) is 46.5 Å². The van der Waals surface area contributed by atoms with Crippen molar-refractivity contribution in [3.63, 3.8) is 0 Å². The molecule has 8 nitrogen and oxygen atoms in total. The summed E-state index contributed by atoms with van der Waals surface area (Å²) < 4.78 is 28.9. The van der Waals surface area contributed by atoms with Crippen LogP contribution in [0.1, 0.15) is 18.4 Å². The molecule has 0 radical (unpaired) electrons. The van der Waals surface area contributed by atoms with Gasteiger partial charge in [-0.3, -0.25) is 14.5 Å². The van der Waals surface area contributed by atoms with Gasteiger partial charge >= 0.3 is 0 Å². The van der Waals surface area contributed by atoms with Crippen molar-refractivity contribution >= 4 is 33.1 Å². The number of sulfonamides is 1. The fourth-order valence-corrected chi connectivity index (χ4v) is 6.00. The zero-order chi connectivity index (χ0) is 20.3. The molecule has 1 N–H and O–H groups in total. The van der Waals surface area contributed by atoms with Gasteiger partial charge in [-0.1, -0.05) is 6.07 Å². The summed E-state index contributed by atoms with van der Waals surface area (Å²) in [7, 11) is -3.54. The molecule has 0 saturated carbocycles. The first-order valence-electron chi connectivity index (χ1n) is 9.29. The van der Waals surface area contributed by atoms with Crippen LogP contribution >= 0.6 is 11.3 Å². The Balaban J connectivity index is 1.38. The lowest BCUT2D eigenvalue weighted by atomic mass is 9.99. The molecule has 1 unspecified atom stereocenters. The Morgan fingerprint density at radius 3 is 2.83 bits per heavy atom. The first-order chi connectivity index (χ1) is 14.0. The Hall–Kier alpha value is -2.56. The average molecular weight is 432 g/mol. The zero-order valence-electron chi connectivity index (χ0n) is 15.6. The predicted octanol–water partition coefficient (Wildman–Crippen LogP) is 2.43. The number of hydrogen-bond donors (Lipinski definition) is 1. The Labute approximate surface area is 173 Å². The Bertz CT molecular complexity index is 1060. The van der Waals surface area contributed by atoms with E-state index in [9.17, 15) is 13.2 Å². The maximum atomic E-state index is 12.7. The molecule has 0 spiro atoms. The zero-order valence-corrected chi connectivity index (χ0v) is 17.3. The van der Waals surface area contributed by atoms with Gasteiger partial charge in [0.05, 0.1) is 12.5 Å². The van der Waals surface area contributed by atoms with Crippen LogP contribution in [-0.2, 0) is 21.4 Å². The van der Waals surface area contributed by atoms with Gasteiger partial charge in [0.1, 0.15) is 4.21 Å². The smallest absolute Gasteiger partial charge is 0.252 e. The van der Waals surface area contributed by atoms with Crippen molar-refractivity contribution in [1.82, 2.24) is 19.1 Å². The van der Waals surface area contributed by atoms with Gasteiger partial charge in [-0.2, -0.15) is 9.40 Å². The summed E-state index contributed by atoms with van der Waals surface area (Å²) in [4.78, 5) is 16.7. The van der Waals surface area contributed by atoms with E-state index in [1.807, 2.05) is 12.1 Å². The highest BCUT2D eigenvalue weighted by Crippen LogP contribution is 2.26. The molecule has 0 aliphatic carbocycles. The highest BCUT2D eigenvalue weighted by atomic mass is 32.2. The molecule has 0 bridgehead atoms. The van der Waals surface area contributed by atoms with Crippen LogP contribution in [0.25, 0.3) is 0 Å². The van der Waals surface area contributed by atoms with Gasteiger partial charge in [0.2, 0.25) is 5.91 Å². The molecule has 0 aromatic carbocycles. The first kappa shape index (κ1) is 19.7. The van der Waals surface area contributed by atoms with Gasteiger partial charge in [-0.15, -0.1) is 11.3 Å². The minimum Gasteiger partial charge on any atom is -0.309 e. The first-order valence-corrected chi connectivity index (χ1v) is 11.6. The van der Waals surface area contributed by atoms with E-state index in [4.69, 9.17) is 0 Å². The molecule has 3 aromatic heterocycles. The lowest BCUT2D eigenvalue weighted by molar-refractivity contribution is -0.120. The Morgan fingerprint density at radius 1 is 1.24 bits per heavy atom. The normalized spacial score (nSPS) is 17.9. The van der Waals surface area contributed by atoms with Crippen molar-refractivity contribution in [3.05, 3.63) is 59.9 Å². The highest BCUT2D eigenvalue weighted by Gasteiger charge is 2.34. The molecule has 10 heteroatoms. The fraction of sp³-hybridized carbons (Fsp3) is 0.316. The second-order valence-electron chi connectivity index (χ2n) is 6.88. The lowest BCUT2D eigenvalue weighted by Gasteiger charge is -2.30. The summed E-state index contributed by atoms with van der Waals surface area (Å²) in [6.07, 6.45) is 6.55. The number of aromatic nitrogens is 3. The summed E-state index contributed by atoms with van der Waals surface area (Å²) in [5, 5.41) is 8.94. The molecule has 29 heavy (non-hydrogen) atoms. The molecule has 1 saturated heterocycles. The van der Waals surface area contributed by atoms with Crippen molar-refractivity contribution in [1.29, 1.82) is 0 Å². The summed E-state index contributed by atoms with van der Waals surface area (Å²) in [6.45, 7) is 1.20. The van der Waals surface area contributed by atoms with Crippen LogP contribution in [0.5, 0.6) is 0 Å². The quantitative estimate of drug-likeness (QED) is 0.647. The van der Waals surface area contributed by atoms with Gasteiger partial charge in [0.15, 0.2) is 5.82 Å². The summed E-state index contributed by atoms with van der Waals surface area (Å²) >= 11 is 1.19. The Morgan fingerprint density at radius 2 is 2.07 bits per heavy atom. The second kappa shape index (κ2) is 8.44. The summed E-state index contributed by atoms with van der Waals surface area (Å²) in [5.74, 6) is -0.142. The van der Waals surface area contributed by atoms with Crippen LogP contribution in [0.3, 0.4) is 0 Å². The van der Waals surface area contributed by atoms with Gasteiger partial charge in [0, 0.05) is 37.7 Å². The van der Waals surface area contributed by atoms with Gasteiger partial charge in [-0.05, 0) is 42.0 Å². The van der Waals surface area contributed by atoms with Crippen molar-refractivity contribution in [2.45, 2.75) is 23.6 Å². The third-order valence-corrected chi connectivity index (χ3v) is 8.07. The van der Waals surface area contributed by atoms with Crippen LogP contribution < -0.4 is 5.32 Å². The highest BCUT2D eigenvalue weighted by molar-refractivity contribution is 7.91. The third-order valence-electron chi connectivity index (χ3n) is 4.83. The van der Waals surface area contributed by atoms with E-state index in [1.165, 1.54) is 15.6 Å². The fourth-order valence-electron chi connectivity index (χ4n) is 3.33. The molecular weight excluding hydrogens is 410 g/mol. The molecule has 1 atom stereocenters. The lowest BCUT2D eigenvalue weighted by Crippen LogP contribution is -2.43. The number of anilines is 1. The van der Waals surface area contributed by atoms with E-state index in [0.717, 1.165) is 5.56 Å². The third kappa shape index (κ3) is 4.55. The van der Waals surface area contributed by atoms with Crippen molar-refractivity contribution in [2.24, 2.45) is 5.92 Å². The number of nitrogens with zero attached hydrogens (tertiary/aromatic N) is 4. The number of nitrogens with one attached hydrogen (secondary N) is 1. The number of pyridine rings is 1. The summed E-state index contributed by atoms with van der Waals surface area (Å²) in [6, 6.07) is 8.87. The number of carbonyl (C=O) groups is 1. The van der Waals surface area contributed by atoms with Crippen LogP contribution in [0.15, 0.2) is 58.5 Å². The molecule has 152 valence electrons. The second-order valence-corrected chi connectivity index (χ2v) is 9.99.